The van der Waals surface area contributed by atoms with Crippen molar-refractivity contribution in [3.05, 3.63) is 59.4 Å². The van der Waals surface area contributed by atoms with Gasteiger partial charge in [0, 0.05) is 0 Å². The van der Waals surface area contributed by atoms with Gasteiger partial charge in [-0.25, -0.2) is 4.39 Å². The summed E-state index contributed by atoms with van der Waals surface area (Å²) in [5.74, 6) is 1.31. The lowest BCUT2D eigenvalue weighted by Gasteiger charge is -2.29. The lowest BCUT2D eigenvalue weighted by Crippen LogP contribution is -2.32. The second-order valence-corrected chi connectivity index (χ2v) is 5.81. The van der Waals surface area contributed by atoms with Crippen LogP contribution >= 0.6 is 15.9 Å². The second kappa shape index (κ2) is 5.44. The first kappa shape index (κ1) is 13.4. The summed E-state index contributed by atoms with van der Waals surface area (Å²) >= 11 is 3.63. The Morgan fingerprint density at radius 1 is 1.20 bits per heavy atom. The lowest BCUT2D eigenvalue weighted by molar-refractivity contribution is 0.0904. The molecule has 3 rings (SSSR count). The summed E-state index contributed by atoms with van der Waals surface area (Å²) in [5.41, 5.74) is 1.61. The summed E-state index contributed by atoms with van der Waals surface area (Å²) in [6.07, 6.45) is -0.144. The monoisotopic (exact) mass is 336 g/mol. The Bertz CT molecular complexity index is 630. The number of hydrogen-bond acceptors (Lipinski definition) is 2. The van der Waals surface area contributed by atoms with Gasteiger partial charge in [0.25, 0.3) is 0 Å². The smallest absolute Gasteiger partial charge is 0.161 e. The van der Waals surface area contributed by atoms with Gasteiger partial charge in [0.15, 0.2) is 11.5 Å². The van der Waals surface area contributed by atoms with Gasteiger partial charge in [0.05, 0.1) is 4.83 Å². The minimum atomic E-state index is -0.195. The van der Waals surface area contributed by atoms with Crippen molar-refractivity contribution in [3.8, 4) is 11.5 Å². The van der Waals surface area contributed by atoms with Gasteiger partial charge >= 0.3 is 0 Å². The molecule has 0 aliphatic carbocycles. The predicted molar refractivity (Wildman–Crippen MR) is 79.2 cm³/mol. The fraction of sp³-hybridized carbons (Fsp3) is 0.250. The first-order valence-electron chi connectivity index (χ1n) is 6.44. The van der Waals surface area contributed by atoms with Crippen LogP contribution in [0, 0.1) is 12.7 Å². The normalized spacial score (nSPS) is 18.6. The Morgan fingerprint density at radius 2 is 1.95 bits per heavy atom. The minimum absolute atomic E-state index is 0.0462. The predicted octanol–water partition coefficient (Wildman–Crippen LogP) is 4.41. The van der Waals surface area contributed by atoms with Gasteiger partial charge in [0.2, 0.25) is 0 Å². The molecule has 2 aromatic carbocycles. The van der Waals surface area contributed by atoms with Crippen LogP contribution in [0.3, 0.4) is 0 Å². The van der Waals surface area contributed by atoms with Gasteiger partial charge in [0.1, 0.15) is 18.5 Å². The number of aryl methyl sites for hydroxylation is 1. The molecule has 0 spiro atoms. The first-order chi connectivity index (χ1) is 9.65. The molecular weight excluding hydrogens is 323 g/mol. The van der Waals surface area contributed by atoms with Crippen LogP contribution in [0.25, 0.3) is 0 Å². The second-order valence-electron chi connectivity index (χ2n) is 4.82. The van der Waals surface area contributed by atoms with E-state index in [1.54, 1.807) is 13.0 Å². The van der Waals surface area contributed by atoms with Gasteiger partial charge < -0.3 is 9.47 Å². The van der Waals surface area contributed by atoms with E-state index in [4.69, 9.17) is 9.47 Å². The van der Waals surface area contributed by atoms with E-state index in [1.807, 2.05) is 30.3 Å². The van der Waals surface area contributed by atoms with Gasteiger partial charge in [-0.3, -0.25) is 0 Å². The van der Waals surface area contributed by atoms with Crippen LogP contribution in [0.5, 0.6) is 11.5 Å². The molecule has 2 nitrogen and oxygen atoms in total. The summed E-state index contributed by atoms with van der Waals surface area (Å²) in [7, 11) is 0. The maximum atomic E-state index is 13.3. The molecular formula is C16H14BrFO2. The highest BCUT2D eigenvalue weighted by Gasteiger charge is 2.28. The highest BCUT2D eigenvalue weighted by molar-refractivity contribution is 9.09. The Kier molecular flexibility index (Phi) is 3.66. The quantitative estimate of drug-likeness (QED) is 0.756. The Morgan fingerprint density at radius 3 is 2.70 bits per heavy atom. The minimum Gasteiger partial charge on any atom is -0.486 e. The van der Waals surface area contributed by atoms with E-state index in [2.05, 4.69) is 15.9 Å². The Balaban J connectivity index is 1.82. The van der Waals surface area contributed by atoms with E-state index in [1.165, 1.54) is 6.07 Å². The molecule has 0 bridgehead atoms. The SMILES string of the molecule is Cc1cc(C(Br)C2COc3ccccc3O2)ccc1F. The summed E-state index contributed by atoms with van der Waals surface area (Å²) in [5, 5.41) is 0. The number of para-hydroxylation sites is 2. The molecule has 0 radical (unpaired) electrons. The van der Waals surface area contributed by atoms with E-state index in [-0.39, 0.29) is 16.7 Å². The molecule has 0 aromatic heterocycles. The zero-order valence-electron chi connectivity index (χ0n) is 11.0. The molecule has 104 valence electrons. The third-order valence-corrected chi connectivity index (χ3v) is 4.48. The fourth-order valence-electron chi connectivity index (χ4n) is 2.23. The van der Waals surface area contributed by atoms with Crippen LogP contribution in [0.2, 0.25) is 0 Å². The maximum absolute atomic E-state index is 13.3. The number of hydrogen-bond donors (Lipinski definition) is 0. The Labute approximate surface area is 125 Å². The van der Waals surface area contributed by atoms with Crippen LogP contribution < -0.4 is 9.47 Å². The van der Waals surface area contributed by atoms with Crippen molar-refractivity contribution in [1.82, 2.24) is 0 Å². The van der Waals surface area contributed by atoms with E-state index >= 15 is 0 Å². The van der Waals surface area contributed by atoms with Gasteiger partial charge in [-0.1, -0.05) is 40.2 Å². The molecule has 1 aliphatic rings. The highest BCUT2D eigenvalue weighted by Crippen LogP contribution is 2.37. The van der Waals surface area contributed by atoms with Crippen molar-refractivity contribution >= 4 is 15.9 Å². The largest absolute Gasteiger partial charge is 0.486 e. The number of fused-ring (bicyclic) bond motifs is 1. The molecule has 0 saturated heterocycles. The topological polar surface area (TPSA) is 18.5 Å². The van der Waals surface area contributed by atoms with Crippen molar-refractivity contribution in [1.29, 1.82) is 0 Å². The molecule has 1 aliphatic heterocycles. The summed E-state index contributed by atoms with van der Waals surface area (Å²) in [6, 6.07) is 12.7. The van der Waals surface area contributed by atoms with Gasteiger partial charge in [-0.15, -0.1) is 0 Å². The van der Waals surface area contributed by atoms with Crippen molar-refractivity contribution in [2.45, 2.75) is 17.9 Å². The molecule has 20 heavy (non-hydrogen) atoms. The van der Waals surface area contributed by atoms with Gasteiger partial charge in [-0.05, 0) is 36.2 Å². The molecule has 1 heterocycles. The third kappa shape index (κ3) is 2.52. The molecule has 0 fully saturated rings. The van der Waals surface area contributed by atoms with Gasteiger partial charge in [-0.2, -0.15) is 0 Å². The molecule has 2 atom stereocenters. The van der Waals surface area contributed by atoms with Crippen LogP contribution in [-0.4, -0.2) is 12.7 Å². The number of rotatable bonds is 2. The lowest BCUT2D eigenvalue weighted by atomic mass is 10.0. The Hall–Kier alpha value is -1.55. The van der Waals surface area contributed by atoms with Crippen molar-refractivity contribution in [2.75, 3.05) is 6.61 Å². The van der Waals surface area contributed by atoms with Crippen LogP contribution in [0.1, 0.15) is 16.0 Å². The molecule has 0 N–H and O–H groups in total. The molecule has 0 amide bonds. The highest BCUT2D eigenvalue weighted by atomic mass is 79.9. The fourth-order valence-corrected chi connectivity index (χ4v) is 2.78. The summed E-state index contributed by atoms with van der Waals surface area (Å²) in [4.78, 5) is -0.0462. The average molecular weight is 337 g/mol. The first-order valence-corrected chi connectivity index (χ1v) is 7.35. The van der Waals surface area contributed by atoms with Crippen LogP contribution in [-0.2, 0) is 0 Å². The van der Waals surface area contributed by atoms with E-state index in [0.717, 1.165) is 17.1 Å². The number of ether oxygens (including phenoxy) is 2. The summed E-state index contributed by atoms with van der Waals surface area (Å²) < 4.78 is 25.0. The zero-order valence-corrected chi connectivity index (χ0v) is 12.6. The van der Waals surface area contributed by atoms with Crippen LogP contribution in [0.4, 0.5) is 4.39 Å². The summed E-state index contributed by atoms with van der Waals surface area (Å²) in [6.45, 7) is 2.22. The average Bonchev–Trinajstić information content (AvgIpc) is 2.49. The van der Waals surface area contributed by atoms with Crippen molar-refractivity contribution in [2.24, 2.45) is 0 Å². The van der Waals surface area contributed by atoms with E-state index < -0.39 is 0 Å². The number of alkyl halides is 1. The number of benzene rings is 2. The van der Waals surface area contributed by atoms with E-state index in [0.29, 0.717) is 12.2 Å². The molecule has 2 unspecified atom stereocenters. The van der Waals surface area contributed by atoms with Crippen molar-refractivity contribution < 1.29 is 13.9 Å². The molecule has 4 heteroatoms. The third-order valence-electron chi connectivity index (χ3n) is 3.36. The van der Waals surface area contributed by atoms with Crippen molar-refractivity contribution in [3.63, 3.8) is 0 Å². The standard InChI is InChI=1S/C16H14BrFO2/c1-10-8-11(6-7-12(10)18)16(17)15-9-19-13-4-2-3-5-14(13)20-15/h2-8,15-16H,9H2,1H3. The van der Waals surface area contributed by atoms with E-state index in [9.17, 15) is 4.39 Å². The molecule has 0 saturated carbocycles. The van der Waals surface area contributed by atoms with Crippen LogP contribution in [0.15, 0.2) is 42.5 Å². The maximum Gasteiger partial charge on any atom is 0.161 e. The molecule has 2 aromatic rings. The zero-order chi connectivity index (χ0) is 14.1. The number of halogens is 2.